The third-order valence-electron chi connectivity index (χ3n) is 2.68. The maximum absolute atomic E-state index is 13.2. The average molecular weight is 257 g/mol. The van der Waals surface area contributed by atoms with Crippen LogP contribution in [0.15, 0.2) is 22.7 Å². The molecule has 0 radical (unpaired) electrons. The van der Waals surface area contributed by atoms with Gasteiger partial charge >= 0.3 is 0 Å². The van der Waals surface area contributed by atoms with Gasteiger partial charge in [-0.1, -0.05) is 6.07 Å². The molecule has 0 saturated heterocycles. The van der Waals surface area contributed by atoms with Crippen molar-refractivity contribution in [3.05, 3.63) is 34.1 Å². The number of hydrogen-bond donors (Lipinski definition) is 0. The summed E-state index contributed by atoms with van der Waals surface area (Å²) in [7, 11) is 0. The van der Waals surface area contributed by atoms with Gasteiger partial charge < -0.3 is 0 Å². The van der Waals surface area contributed by atoms with Gasteiger partial charge in [-0.05, 0) is 52.9 Å². The lowest BCUT2D eigenvalue weighted by molar-refractivity contribution is -0.118. The first kappa shape index (κ1) is 9.84. The molecule has 1 aliphatic carbocycles. The van der Waals surface area contributed by atoms with Crippen LogP contribution in [0.3, 0.4) is 0 Å². The number of benzene rings is 1. The third-order valence-corrected chi connectivity index (χ3v) is 3.33. The van der Waals surface area contributed by atoms with Crippen molar-refractivity contribution >= 4 is 21.7 Å². The molecule has 0 unspecified atom stereocenters. The van der Waals surface area contributed by atoms with Crippen LogP contribution in [0.4, 0.5) is 4.39 Å². The molecule has 0 aromatic heterocycles. The van der Waals surface area contributed by atoms with Crippen molar-refractivity contribution in [3.63, 3.8) is 0 Å². The summed E-state index contributed by atoms with van der Waals surface area (Å²) < 4.78 is 13.6. The molecule has 2 rings (SSSR count). The summed E-state index contributed by atoms with van der Waals surface area (Å²) in [5.74, 6) is 0.320. The first-order valence-corrected chi connectivity index (χ1v) is 5.34. The molecule has 1 nitrogen and oxygen atoms in total. The van der Waals surface area contributed by atoms with Crippen molar-refractivity contribution in [1.82, 2.24) is 0 Å². The second-order valence-corrected chi connectivity index (χ2v) is 4.59. The van der Waals surface area contributed by atoms with Gasteiger partial charge in [-0.15, -0.1) is 0 Å². The second kappa shape index (κ2) is 3.46. The van der Waals surface area contributed by atoms with E-state index < -0.39 is 0 Å². The highest BCUT2D eigenvalue weighted by Gasteiger charge is 2.41. The van der Waals surface area contributed by atoms with Crippen molar-refractivity contribution < 1.29 is 9.18 Å². The Balaban J connectivity index is 2.20. The zero-order valence-electron chi connectivity index (χ0n) is 7.76. The fourth-order valence-electron chi connectivity index (χ4n) is 1.76. The fourth-order valence-corrected chi connectivity index (χ4v) is 2.00. The van der Waals surface area contributed by atoms with Crippen LogP contribution in [0.2, 0.25) is 0 Å². The molecule has 1 fully saturated rings. The highest BCUT2D eigenvalue weighted by atomic mass is 79.9. The minimum atomic E-state index is -0.253. The van der Waals surface area contributed by atoms with E-state index in [4.69, 9.17) is 0 Å². The smallest absolute Gasteiger partial charge is 0.137 e. The molecule has 0 amide bonds. The molecule has 0 N–H and O–H groups in total. The number of halogens is 2. The Morgan fingerprint density at radius 3 is 2.79 bits per heavy atom. The third kappa shape index (κ3) is 1.73. The van der Waals surface area contributed by atoms with Crippen LogP contribution in [-0.2, 0) is 4.79 Å². The predicted octanol–water partition coefficient (Wildman–Crippen LogP) is 3.28. The van der Waals surface area contributed by atoms with E-state index in [0.29, 0.717) is 4.47 Å². The molecule has 0 heterocycles. The average Bonchev–Trinajstić information content (AvgIpc) is 2.89. The van der Waals surface area contributed by atoms with Gasteiger partial charge in [0.2, 0.25) is 0 Å². The van der Waals surface area contributed by atoms with Crippen LogP contribution in [0, 0.1) is 11.7 Å². The predicted molar refractivity (Wildman–Crippen MR) is 55.6 cm³/mol. The molecule has 1 saturated carbocycles. The highest BCUT2D eigenvalue weighted by molar-refractivity contribution is 9.10. The zero-order chi connectivity index (χ0) is 10.3. The number of hydrogen-bond acceptors (Lipinski definition) is 1. The Labute approximate surface area is 90.4 Å². The SMILES string of the molecule is CC(=O)[C@H]1C[C@@H]1c1ccc(Br)c(F)c1. The van der Waals surface area contributed by atoms with Crippen LogP contribution in [0.1, 0.15) is 24.8 Å². The number of rotatable bonds is 2. The van der Waals surface area contributed by atoms with Crippen molar-refractivity contribution in [1.29, 1.82) is 0 Å². The number of ketones is 1. The van der Waals surface area contributed by atoms with Gasteiger partial charge in [0.05, 0.1) is 4.47 Å². The minimum Gasteiger partial charge on any atom is -0.300 e. The summed E-state index contributed by atoms with van der Waals surface area (Å²) in [4.78, 5) is 11.0. The lowest BCUT2D eigenvalue weighted by Gasteiger charge is -2.00. The van der Waals surface area contributed by atoms with Crippen LogP contribution in [-0.4, -0.2) is 5.78 Å². The summed E-state index contributed by atoms with van der Waals surface area (Å²) >= 11 is 3.10. The van der Waals surface area contributed by atoms with Crippen molar-refractivity contribution in [2.24, 2.45) is 5.92 Å². The van der Waals surface area contributed by atoms with E-state index in [0.717, 1.165) is 12.0 Å². The normalized spacial score (nSPS) is 24.8. The van der Waals surface area contributed by atoms with E-state index in [2.05, 4.69) is 15.9 Å². The van der Waals surface area contributed by atoms with Gasteiger partial charge in [0.25, 0.3) is 0 Å². The van der Waals surface area contributed by atoms with Crippen LogP contribution in [0.25, 0.3) is 0 Å². The number of carbonyl (C=O) groups is 1. The summed E-state index contributed by atoms with van der Waals surface area (Å²) in [6, 6.07) is 5.08. The molecule has 0 spiro atoms. The fraction of sp³-hybridized carbons (Fsp3) is 0.364. The highest BCUT2D eigenvalue weighted by Crippen LogP contribution is 2.48. The maximum Gasteiger partial charge on any atom is 0.137 e. The first-order chi connectivity index (χ1) is 6.59. The molecule has 14 heavy (non-hydrogen) atoms. The molecule has 1 aromatic rings. The Hall–Kier alpha value is -0.700. The van der Waals surface area contributed by atoms with Crippen LogP contribution < -0.4 is 0 Å². The van der Waals surface area contributed by atoms with Crippen LogP contribution >= 0.6 is 15.9 Å². The topological polar surface area (TPSA) is 17.1 Å². The zero-order valence-corrected chi connectivity index (χ0v) is 9.34. The van der Waals surface area contributed by atoms with E-state index in [9.17, 15) is 9.18 Å². The van der Waals surface area contributed by atoms with E-state index in [1.807, 2.05) is 6.07 Å². The molecule has 74 valence electrons. The molecule has 0 bridgehead atoms. The van der Waals surface area contributed by atoms with Gasteiger partial charge in [0.1, 0.15) is 11.6 Å². The van der Waals surface area contributed by atoms with Crippen molar-refractivity contribution in [3.8, 4) is 0 Å². The van der Waals surface area contributed by atoms with Crippen LogP contribution in [0.5, 0.6) is 0 Å². The molecule has 2 atom stereocenters. The molecule has 1 aromatic carbocycles. The summed E-state index contributed by atoms with van der Waals surface area (Å²) in [6.07, 6.45) is 0.871. The lowest BCUT2D eigenvalue weighted by Crippen LogP contribution is -1.95. The Kier molecular flexibility index (Phi) is 2.43. The van der Waals surface area contributed by atoms with Gasteiger partial charge in [-0.3, -0.25) is 4.79 Å². The largest absolute Gasteiger partial charge is 0.300 e. The molecular formula is C11H10BrFO. The Morgan fingerprint density at radius 1 is 1.57 bits per heavy atom. The van der Waals surface area contributed by atoms with E-state index in [1.165, 1.54) is 6.07 Å². The van der Waals surface area contributed by atoms with Gasteiger partial charge in [-0.2, -0.15) is 0 Å². The number of Topliss-reactive ketones (excluding diaryl/α,β-unsaturated/α-hetero) is 1. The number of carbonyl (C=O) groups excluding carboxylic acids is 1. The standard InChI is InChI=1S/C11H10BrFO/c1-6(14)8-5-9(8)7-2-3-10(12)11(13)4-7/h2-4,8-9H,5H2,1H3/t8-,9-/m1/s1. The first-order valence-electron chi connectivity index (χ1n) is 4.55. The monoisotopic (exact) mass is 256 g/mol. The van der Waals surface area contributed by atoms with E-state index >= 15 is 0 Å². The maximum atomic E-state index is 13.2. The molecule has 0 aliphatic heterocycles. The Morgan fingerprint density at radius 2 is 2.29 bits per heavy atom. The van der Waals surface area contributed by atoms with E-state index in [-0.39, 0.29) is 23.4 Å². The van der Waals surface area contributed by atoms with Gasteiger partial charge in [0.15, 0.2) is 0 Å². The lowest BCUT2D eigenvalue weighted by atomic mass is 10.1. The van der Waals surface area contributed by atoms with E-state index in [1.54, 1.807) is 13.0 Å². The summed E-state index contributed by atoms with van der Waals surface area (Å²) in [6.45, 7) is 1.60. The van der Waals surface area contributed by atoms with Crippen molar-refractivity contribution in [2.75, 3.05) is 0 Å². The van der Waals surface area contributed by atoms with Crippen molar-refractivity contribution in [2.45, 2.75) is 19.3 Å². The van der Waals surface area contributed by atoms with Gasteiger partial charge in [-0.25, -0.2) is 4.39 Å². The quantitative estimate of drug-likeness (QED) is 0.794. The second-order valence-electron chi connectivity index (χ2n) is 3.73. The Bertz CT molecular complexity index is 389. The molecule has 3 heteroatoms. The summed E-state index contributed by atoms with van der Waals surface area (Å²) in [5, 5.41) is 0. The molecule has 1 aliphatic rings. The summed E-state index contributed by atoms with van der Waals surface area (Å²) in [5.41, 5.74) is 0.936. The minimum absolute atomic E-state index is 0.121. The molecular weight excluding hydrogens is 247 g/mol. The van der Waals surface area contributed by atoms with Gasteiger partial charge in [0, 0.05) is 5.92 Å².